The molecule has 0 fully saturated rings. The summed E-state index contributed by atoms with van der Waals surface area (Å²) in [6.45, 7) is 3.89. The van der Waals surface area contributed by atoms with E-state index in [0.29, 0.717) is 40.4 Å². The molecule has 0 amide bonds. The van der Waals surface area contributed by atoms with Gasteiger partial charge in [0.05, 0.1) is 28.0 Å². The number of aromatic nitrogens is 2. The molecule has 4 rings (SSSR count). The summed E-state index contributed by atoms with van der Waals surface area (Å²) in [6.07, 6.45) is 4.44. The van der Waals surface area contributed by atoms with E-state index >= 15 is 0 Å². The van der Waals surface area contributed by atoms with Gasteiger partial charge in [-0.15, -0.1) is 0 Å². The number of hydrogen-bond donors (Lipinski definition) is 1. The van der Waals surface area contributed by atoms with Crippen molar-refractivity contribution in [3.8, 4) is 6.07 Å². The lowest BCUT2D eigenvalue weighted by Gasteiger charge is -2.27. The summed E-state index contributed by atoms with van der Waals surface area (Å²) >= 11 is 18.6. The standard InChI is InChI=1S/C28H25Cl2N5S/c1-20-5-2-3-8-26(20)33-28(36)34(18-23-6-4-7-25(29)27(23)30)14-13-24-16-32-19-35(24)17-22-11-9-21(15-31)10-12-22/h2-12,16,19H,13-14,17-18H2,1H3,(H,33,36). The molecule has 1 aromatic heterocycles. The smallest absolute Gasteiger partial charge is 0.173 e. The molecule has 0 aliphatic carbocycles. The molecule has 1 N–H and O–H groups in total. The Labute approximate surface area is 226 Å². The van der Waals surface area contributed by atoms with Gasteiger partial charge in [-0.1, -0.05) is 65.7 Å². The van der Waals surface area contributed by atoms with E-state index in [9.17, 15) is 0 Å². The first-order chi connectivity index (χ1) is 17.4. The molecule has 0 bridgehead atoms. The fourth-order valence-corrected chi connectivity index (χ4v) is 4.51. The zero-order valence-corrected chi connectivity index (χ0v) is 22.1. The maximum absolute atomic E-state index is 9.04. The summed E-state index contributed by atoms with van der Waals surface area (Å²) in [4.78, 5) is 6.46. The third-order valence-electron chi connectivity index (χ3n) is 5.94. The third kappa shape index (κ3) is 6.44. The number of thiocarbonyl (C=S) groups is 1. The Morgan fingerprint density at radius 3 is 2.61 bits per heavy atom. The van der Waals surface area contributed by atoms with Crippen LogP contribution in [0.15, 0.2) is 79.3 Å². The van der Waals surface area contributed by atoms with Crippen molar-refractivity contribution in [3.05, 3.63) is 117 Å². The van der Waals surface area contributed by atoms with Crippen LogP contribution in [0.2, 0.25) is 10.0 Å². The summed E-state index contributed by atoms with van der Waals surface area (Å²) in [6, 6.07) is 23.4. The van der Waals surface area contributed by atoms with Crippen LogP contribution in [0.3, 0.4) is 0 Å². The van der Waals surface area contributed by atoms with Gasteiger partial charge in [-0.05, 0) is 60.1 Å². The number of para-hydroxylation sites is 1. The first-order valence-electron chi connectivity index (χ1n) is 11.5. The topological polar surface area (TPSA) is 56.9 Å². The van der Waals surface area contributed by atoms with E-state index in [-0.39, 0.29) is 0 Å². The van der Waals surface area contributed by atoms with Crippen LogP contribution in [0.25, 0.3) is 0 Å². The minimum Gasteiger partial charge on any atom is -0.344 e. The lowest BCUT2D eigenvalue weighted by atomic mass is 10.1. The van der Waals surface area contributed by atoms with Gasteiger partial charge < -0.3 is 14.8 Å². The van der Waals surface area contributed by atoms with Crippen LogP contribution in [-0.4, -0.2) is 26.1 Å². The average molecular weight is 535 g/mol. The van der Waals surface area contributed by atoms with Gasteiger partial charge in [-0.2, -0.15) is 5.26 Å². The van der Waals surface area contributed by atoms with Crippen LogP contribution >= 0.6 is 35.4 Å². The molecule has 1 heterocycles. The quantitative estimate of drug-likeness (QED) is 0.250. The molecule has 0 saturated heterocycles. The minimum absolute atomic E-state index is 0.515. The SMILES string of the molecule is Cc1ccccc1NC(=S)N(CCc1cncn1Cc1ccc(C#N)cc1)Cc1cccc(Cl)c1Cl. The third-order valence-corrected chi connectivity index (χ3v) is 7.16. The Balaban J connectivity index is 1.52. The van der Waals surface area contributed by atoms with E-state index in [4.69, 9.17) is 40.7 Å². The average Bonchev–Trinajstić information content (AvgIpc) is 3.32. The van der Waals surface area contributed by atoms with Gasteiger partial charge in [0, 0.05) is 43.6 Å². The van der Waals surface area contributed by atoms with Crippen LogP contribution in [-0.2, 0) is 19.5 Å². The predicted octanol–water partition coefficient (Wildman–Crippen LogP) is 6.86. The van der Waals surface area contributed by atoms with E-state index in [1.807, 2.05) is 80.1 Å². The Hall–Kier alpha value is -3.37. The van der Waals surface area contributed by atoms with E-state index < -0.39 is 0 Å². The number of nitrogens with one attached hydrogen (secondary N) is 1. The van der Waals surface area contributed by atoms with Crippen molar-refractivity contribution < 1.29 is 0 Å². The second-order valence-electron chi connectivity index (χ2n) is 8.45. The van der Waals surface area contributed by atoms with Crippen molar-refractivity contribution in [2.24, 2.45) is 0 Å². The molecule has 3 aromatic carbocycles. The van der Waals surface area contributed by atoms with E-state index in [1.54, 1.807) is 6.07 Å². The summed E-state index contributed by atoms with van der Waals surface area (Å²) in [5, 5.41) is 14.1. The number of halogens is 2. The van der Waals surface area contributed by atoms with Gasteiger partial charge in [0.1, 0.15) is 0 Å². The van der Waals surface area contributed by atoms with Gasteiger partial charge in [-0.3, -0.25) is 0 Å². The van der Waals surface area contributed by atoms with E-state index in [0.717, 1.165) is 34.5 Å². The Morgan fingerprint density at radius 1 is 1.08 bits per heavy atom. The van der Waals surface area contributed by atoms with Crippen molar-refractivity contribution in [3.63, 3.8) is 0 Å². The minimum atomic E-state index is 0.515. The Kier molecular flexibility index (Phi) is 8.61. The van der Waals surface area contributed by atoms with Crippen molar-refractivity contribution in [2.75, 3.05) is 11.9 Å². The number of aryl methyl sites for hydroxylation is 1. The summed E-state index contributed by atoms with van der Waals surface area (Å²) in [5.74, 6) is 0. The predicted molar refractivity (Wildman–Crippen MR) is 150 cm³/mol. The highest BCUT2D eigenvalue weighted by molar-refractivity contribution is 7.80. The van der Waals surface area contributed by atoms with Gasteiger partial charge in [0.15, 0.2) is 5.11 Å². The highest BCUT2D eigenvalue weighted by atomic mass is 35.5. The molecular formula is C28H25Cl2N5S. The van der Waals surface area contributed by atoms with Crippen LogP contribution in [0.1, 0.15) is 27.9 Å². The van der Waals surface area contributed by atoms with Crippen molar-refractivity contribution in [2.45, 2.75) is 26.4 Å². The molecule has 0 spiro atoms. The molecule has 0 atom stereocenters. The van der Waals surface area contributed by atoms with Crippen molar-refractivity contribution in [1.29, 1.82) is 5.26 Å². The molecule has 0 aliphatic rings. The van der Waals surface area contributed by atoms with Gasteiger partial charge in [0.25, 0.3) is 0 Å². The molecule has 0 radical (unpaired) electrons. The van der Waals surface area contributed by atoms with Crippen molar-refractivity contribution >= 4 is 46.2 Å². The summed E-state index contributed by atoms with van der Waals surface area (Å²) in [5.41, 5.74) is 5.82. The van der Waals surface area contributed by atoms with Crippen molar-refractivity contribution in [1.82, 2.24) is 14.5 Å². The molecular weight excluding hydrogens is 509 g/mol. The second kappa shape index (κ2) is 12.0. The van der Waals surface area contributed by atoms with Crippen LogP contribution in [0.4, 0.5) is 5.69 Å². The molecule has 182 valence electrons. The fourth-order valence-electron chi connectivity index (χ4n) is 3.87. The lowest BCUT2D eigenvalue weighted by molar-refractivity contribution is 0.418. The lowest BCUT2D eigenvalue weighted by Crippen LogP contribution is -2.36. The maximum atomic E-state index is 9.04. The molecule has 4 aromatic rings. The zero-order valence-electron chi connectivity index (χ0n) is 19.8. The number of anilines is 1. The molecule has 0 saturated carbocycles. The van der Waals surface area contributed by atoms with Crippen LogP contribution in [0, 0.1) is 18.3 Å². The molecule has 0 unspecified atom stereocenters. The van der Waals surface area contributed by atoms with Crippen LogP contribution in [0.5, 0.6) is 0 Å². The largest absolute Gasteiger partial charge is 0.344 e. The first kappa shape index (κ1) is 25.7. The molecule has 36 heavy (non-hydrogen) atoms. The van der Waals surface area contributed by atoms with Gasteiger partial charge in [0.2, 0.25) is 0 Å². The number of rotatable bonds is 8. The molecule has 0 aliphatic heterocycles. The summed E-state index contributed by atoms with van der Waals surface area (Å²) in [7, 11) is 0. The monoisotopic (exact) mass is 533 g/mol. The van der Waals surface area contributed by atoms with E-state index in [2.05, 4.69) is 25.8 Å². The number of benzene rings is 3. The Bertz CT molecular complexity index is 1390. The number of nitriles is 1. The van der Waals surface area contributed by atoms with Gasteiger partial charge in [-0.25, -0.2) is 4.98 Å². The summed E-state index contributed by atoms with van der Waals surface area (Å²) < 4.78 is 2.11. The van der Waals surface area contributed by atoms with Gasteiger partial charge >= 0.3 is 0 Å². The highest BCUT2D eigenvalue weighted by Gasteiger charge is 2.16. The molecule has 8 heteroatoms. The first-order valence-corrected chi connectivity index (χ1v) is 12.6. The fraction of sp³-hybridized carbons (Fsp3) is 0.179. The number of hydrogen-bond acceptors (Lipinski definition) is 3. The Morgan fingerprint density at radius 2 is 1.86 bits per heavy atom. The highest BCUT2D eigenvalue weighted by Crippen LogP contribution is 2.27. The zero-order chi connectivity index (χ0) is 25.5. The van der Waals surface area contributed by atoms with E-state index in [1.165, 1.54) is 0 Å². The van der Waals surface area contributed by atoms with Crippen LogP contribution < -0.4 is 5.32 Å². The second-order valence-corrected chi connectivity index (χ2v) is 9.62. The number of nitrogens with zero attached hydrogens (tertiary/aromatic N) is 4. The number of imidazole rings is 1. The normalized spacial score (nSPS) is 10.6. The maximum Gasteiger partial charge on any atom is 0.173 e. The molecule has 5 nitrogen and oxygen atoms in total.